The second kappa shape index (κ2) is 14.4. The van der Waals surface area contributed by atoms with Crippen molar-refractivity contribution in [3.05, 3.63) is 103 Å². The summed E-state index contributed by atoms with van der Waals surface area (Å²) in [7, 11) is 0. The summed E-state index contributed by atoms with van der Waals surface area (Å²) in [6.45, 7) is 9.14. The Labute approximate surface area is 207 Å². The van der Waals surface area contributed by atoms with E-state index in [-0.39, 0.29) is 0 Å². The van der Waals surface area contributed by atoms with Gasteiger partial charge in [0.05, 0.1) is 6.10 Å². The van der Waals surface area contributed by atoms with E-state index in [4.69, 9.17) is 4.74 Å². The highest BCUT2D eigenvalue weighted by Gasteiger charge is 2.02. The van der Waals surface area contributed by atoms with Gasteiger partial charge >= 0.3 is 0 Å². The van der Waals surface area contributed by atoms with Crippen molar-refractivity contribution in [3.8, 4) is 22.3 Å². The Balaban J connectivity index is 1.46. The monoisotopic (exact) mass is 452 g/mol. The van der Waals surface area contributed by atoms with Crippen LogP contribution in [-0.2, 0) is 11.2 Å². The molecule has 34 heavy (non-hydrogen) atoms. The van der Waals surface area contributed by atoms with Gasteiger partial charge in [0.1, 0.15) is 0 Å². The second-order valence-electron chi connectivity index (χ2n) is 9.11. The molecule has 3 aromatic carbocycles. The average Bonchev–Trinajstić information content (AvgIpc) is 2.88. The van der Waals surface area contributed by atoms with E-state index in [1.54, 1.807) is 0 Å². The molecule has 0 spiro atoms. The van der Waals surface area contributed by atoms with Crippen LogP contribution >= 0.6 is 0 Å². The average molecular weight is 453 g/mol. The van der Waals surface area contributed by atoms with Crippen molar-refractivity contribution in [1.82, 2.24) is 0 Å². The summed E-state index contributed by atoms with van der Waals surface area (Å²) in [6, 6.07) is 26.4. The molecule has 1 heteroatoms. The Kier molecular flexibility index (Phi) is 10.9. The fourth-order valence-electron chi connectivity index (χ4n) is 4.10. The maximum absolute atomic E-state index is 5.88. The first-order valence-corrected chi connectivity index (χ1v) is 12.9. The zero-order valence-corrected chi connectivity index (χ0v) is 21.0. The standard InChI is InChI=1S/C33H40O/c1-4-6-10-26-34-27(3)12-8-7-9-13-29-16-20-31(21-17-29)33-24-22-32(23-25-33)30-18-14-28(11-5-2)15-19-30/h5,9,13-25,27H,2,4,6-8,10-12,26H2,1,3H3/b13-9+. The smallest absolute Gasteiger partial charge is 0.0547 e. The molecule has 3 rings (SSSR count). The van der Waals surface area contributed by atoms with Gasteiger partial charge in [0.15, 0.2) is 0 Å². The Morgan fingerprint density at radius 2 is 1.32 bits per heavy atom. The predicted octanol–water partition coefficient (Wildman–Crippen LogP) is 9.53. The molecular weight excluding hydrogens is 412 g/mol. The first-order chi connectivity index (χ1) is 16.7. The van der Waals surface area contributed by atoms with Gasteiger partial charge in [-0.3, -0.25) is 0 Å². The normalized spacial score (nSPS) is 12.2. The van der Waals surface area contributed by atoms with Crippen LogP contribution in [-0.4, -0.2) is 12.7 Å². The molecule has 0 aliphatic heterocycles. The topological polar surface area (TPSA) is 9.23 Å². The second-order valence-corrected chi connectivity index (χ2v) is 9.11. The van der Waals surface area contributed by atoms with E-state index in [9.17, 15) is 0 Å². The van der Waals surface area contributed by atoms with Crippen LogP contribution in [0.2, 0.25) is 0 Å². The van der Waals surface area contributed by atoms with Crippen LogP contribution in [0.4, 0.5) is 0 Å². The molecule has 0 saturated carbocycles. The maximum Gasteiger partial charge on any atom is 0.0547 e. The molecule has 0 radical (unpaired) electrons. The lowest BCUT2D eigenvalue weighted by atomic mass is 9.98. The van der Waals surface area contributed by atoms with E-state index in [0.29, 0.717) is 6.10 Å². The van der Waals surface area contributed by atoms with Crippen molar-refractivity contribution in [2.75, 3.05) is 6.61 Å². The zero-order chi connectivity index (χ0) is 24.0. The first kappa shape index (κ1) is 25.7. The maximum atomic E-state index is 5.88. The van der Waals surface area contributed by atoms with Crippen LogP contribution in [0.5, 0.6) is 0 Å². The molecule has 0 N–H and O–H groups in total. The quantitative estimate of drug-likeness (QED) is 0.175. The minimum Gasteiger partial charge on any atom is -0.379 e. The largest absolute Gasteiger partial charge is 0.379 e. The summed E-state index contributed by atoms with van der Waals surface area (Å²) in [5.74, 6) is 0. The third-order valence-electron chi connectivity index (χ3n) is 6.24. The van der Waals surface area contributed by atoms with Crippen molar-refractivity contribution in [2.45, 2.75) is 64.9 Å². The van der Waals surface area contributed by atoms with Gasteiger partial charge in [-0.1, -0.05) is 111 Å². The summed E-state index contributed by atoms with van der Waals surface area (Å²) < 4.78 is 5.88. The Morgan fingerprint density at radius 3 is 1.88 bits per heavy atom. The van der Waals surface area contributed by atoms with Gasteiger partial charge in [-0.05, 0) is 72.4 Å². The first-order valence-electron chi connectivity index (χ1n) is 12.9. The molecule has 1 nitrogen and oxygen atoms in total. The summed E-state index contributed by atoms with van der Waals surface area (Å²) >= 11 is 0. The lowest BCUT2D eigenvalue weighted by molar-refractivity contribution is 0.0566. The molecule has 0 bridgehead atoms. The third kappa shape index (κ3) is 8.47. The van der Waals surface area contributed by atoms with Gasteiger partial charge in [0.25, 0.3) is 0 Å². The molecule has 1 atom stereocenters. The van der Waals surface area contributed by atoms with E-state index in [0.717, 1.165) is 25.9 Å². The number of unbranched alkanes of at least 4 members (excludes halogenated alkanes) is 3. The Hall–Kier alpha value is -2.90. The van der Waals surface area contributed by atoms with Gasteiger partial charge in [-0.2, -0.15) is 0 Å². The fourth-order valence-corrected chi connectivity index (χ4v) is 4.10. The lowest BCUT2D eigenvalue weighted by Crippen LogP contribution is -2.08. The molecule has 0 aromatic heterocycles. The minimum absolute atomic E-state index is 0.368. The van der Waals surface area contributed by atoms with Gasteiger partial charge in [0.2, 0.25) is 0 Å². The predicted molar refractivity (Wildman–Crippen MR) is 149 cm³/mol. The third-order valence-corrected chi connectivity index (χ3v) is 6.24. The molecule has 0 heterocycles. The van der Waals surface area contributed by atoms with E-state index < -0.39 is 0 Å². The Morgan fingerprint density at radius 1 is 0.765 bits per heavy atom. The van der Waals surface area contributed by atoms with E-state index in [1.165, 1.54) is 59.1 Å². The van der Waals surface area contributed by atoms with E-state index in [2.05, 4.69) is 105 Å². The van der Waals surface area contributed by atoms with Crippen LogP contribution in [0, 0.1) is 0 Å². The summed E-state index contributed by atoms with van der Waals surface area (Å²) in [5, 5.41) is 0. The van der Waals surface area contributed by atoms with Gasteiger partial charge in [-0.15, -0.1) is 6.58 Å². The lowest BCUT2D eigenvalue weighted by Gasteiger charge is -2.12. The van der Waals surface area contributed by atoms with Gasteiger partial charge in [0, 0.05) is 6.61 Å². The van der Waals surface area contributed by atoms with E-state index >= 15 is 0 Å². The number of benzene rings is 3. The summed E-state index contributed by atoms with van der Waals surface area (Å²) in [6.07, 6.45) is 14.8. The number of hydrogen-bond donors (Lipinski definition) is 0. The molecule has 3 aromatic rings. The summed E-state index contributed by atoms with van der Waals surface area (Å²) in [5.41, 5.74) is 7.54. The number of allylic oxidation sites excluding steroid dienone is 2. The molecule has 0 aliphatic carbocycles. The molecular formula is C33H40O. The summed E-state index contributed by atoms with van der Waals surface area (Å²) in [4.78, 5) is 0. The highest BCUT2D eigenvalue weighted by molar-refractivity contribution is 5.71. The number of ether oxygens (including phenoxy) is 1. The van der Waals surface area contributed by atoms with Crippen molar-refractivity contribution in [3.63, 3.8) is 0 Å². The van der Waals surface area contributed by atoms with Crippen LogP contribution in [0.1, 0.15) is 63.5 Å². The highest BCUT2D eigenvalue weighted by Crippen LogP contribution is 2.26. The molecule has 0 saturated heterocycles. The molecule has 0 amide bonds. The molecule has 0 fully saturated rings. The SMILES string of the molecule is C=CCc1ccc(-c2ccc(-c3ccc(/C=C/CCCC(C)OCCCCC)cc3)cc2)cc1. The highest BCUT2D eigenvalue weighted by atomic mass is 16.5. The van der Waals surface area contributed by atoms with Gasteiger partial charge in [-0.25, -0.2) is 0 Å². The van der Waals surface area contributed by atoms with Crippen LogP contribution in [0.25, 0.3) is 28.3 Å². The molecule has 178 valence electrons. The Bertz CT molecular complexity index is 994. The number of hydrogen-bond acceptors (Lipinski definition) is 1. The molecule has 0 aliphatic rings. The van der Waals surface area contributed by atoms with Gasteiger partial charge < -0.3 is 4.74 Å². The van der Waals surface area contributed by atoms with Crippen molar-refractivity contribution in [2.24, 2.45) is 0 Å². The van der Waals surface area contributed by atoms with Crippen LogP contribution in [0.3, 0.4) is 0 Å². The molecule has 1 unspecified atom stereocenters. The van der Waals surface area contributed by atoms with Crippen molar-refractivity contribution >= 4 is 6.08 Å². The van der Waals surface area contributed by atoms with E-state index in [1.807, 2.05) is 6.08 Å². The van der Waals surface area contributed by atoms with Crippen molar-refractivity contribution < 1.29 is 4.74 Å². The minimum atomic E-state index is 0.368. The fraction of sp³-hybridized carbons (Fsp3) is 0.333. The zero-order valence-electron chi connectivity index (χ0n) is 21.0. The van der Waals surface area contributed by atoms with Crippen LogP contribution in [0.15, 0.2) is 91.5 Å². The number of rotatable bonds is 14. The van der Waals surface area contributed by atoms with Crippen molar-refractivity contribution in [1.29, 1.82) is 0 Å². The van der Waals surface area contributed by atoms with Crippen LogP contribution < -0.4 is 0 Å².